The molecule has 0 saturated carbocycles. The van der Waals surface area contributed by atoms with Gasteiger partial charge in [-0.1, -0.05) is 34.8 Å². The number of hydrogen-bond acceptors (Lipinski definition) is 7. The van der Waals surface area contributed by atoms with Crippen LogP contribution in [0.15, 0.2) is 36.4 Å². The van der Waals surface area contributed by atoms with Crippen LogP contribution in [0.2, 0.25) is 15.1 Å². The zero-order valence-electron chi connectivity index (χ0n) is 16.5. The number of benzene rings is 2. The monoisotopic (exact) mass is 501 g/mol. The molecule has 0 aliphatic carbocycles. The highest BCUT2D eigenvalue weighted by atomic mass is 35.5. The minimum atomic E-state index is -0.756. The molecule has 8 nitrogen and oxygen atoms in total. The maximum absolute atomic E-state index is 14.6. The smallest absolute Gasteiger partial charge is 0.344 e. The summed E-state index contributed by atoms with van der Waals surface area (Å²) >= 11 is 18.1. The van der Waals surface area contributed by atoms with E-state index in [1.165, 1.54) is 30.0 Å². The first-order chi connectivity index (χ1) is 15.3. The van der Waals surface area contributed by atoms with Crippen LogP contribution in [-0.2, 0) is 19.1 Å². The lowest BCUT2D eigenvalue weighted by Crippen LogP contribution is -2.17. The summed E-state index contributed by atoms with van der Waals surface area (Å²) < 4.78 is 30.4. The number of methoxy groups -OCH3 is 1. The summed E-state index contributed by atoms with van der Waals surface area (Å²) in [6, 6.07) is 8.44. The first kappa shape index (κ1) is 23.8. The second kappa shape index (κ2) is 10.6. The van der Waals surface area contributed by atoms with Crippen LogP contribution in [0.25, 0.3) is 17.1 Å². The molecule has 0 atom stereocenters. The highest BCUT2D eigenvalue weighted by Crippen LogP contribution is 2.32. The minimum Gasteiger partial charge on any atom is -0.469 e. The third-order valence-corrected chi connectivity index (χ3v) is 4.80. The van der Waals surface area contributed by atoms with Crippen LogP contribution in [0.1, 0.15) is 6.42 Å². The van der Waals surface area contributed by atoms with Gasteiger partial charge in [0.15, 0.2) is 12.4 Å². The van der Waals surface area contributed by atoms with Gasteiger partial charge in [-0.25, -0.2) is 13.9 Å². The maximum Gasteiger partial charge on any atom is 0.344 e. The van der Waals surface area contributed by atoms with Gasteiger partial charge in [-0.2, -0.15) is 4.98 Å². The largest absolute Gasteiger partial charge is 0.469 e. The number of halogens is 4. The summed E-state index contributed by atoms with van der Waals surface area (Å²) in [7, 11) is 1.23. The minimum absolute atomic E-state index is 0.0263. The van der Waals surface area contributed by atoms with Gasteiger partial charge in [0.05, 0.1) is 18.6 Å². The van der Waals surface area contributed by atoms with Gasteiger partial charge in [-0.05, 0) is 36.4 Å². The Bertz CT molecular complexity index is 1090. The molecule has 1 aromatic heterocycles. The lowest BCUT2D eigenvalue weighted by Gasteiger charge is -2.08. The summed E-state index contributed by atoms with van der Waals surface area (Å²) in [5.74, 6) is -1.80. The molecule has 0 aliphatic rings. The third-order valence-electron chi connectivity index (χ3n) is 4.01. The number of ether oxygens (including phenoxy) is 3. The molecule has 3 rings (SSSR count). The van der Waals surface area contributed by atoms with E-state index in [4.69, 9.17) is 44.3 Å². The van der Waals surface area contributed by atoms with Crippen molar-refractivity contribution in [1.29, 1.82) is 0 Å². The summed E-state index contributed by atoms with van der Waals surface area (Å²) in [5.41, 5.74) is 0.423. The van der Waals surface area contributed by atoms with Crippen LogP contribution in [0.3, 0.4) is 0 Å². The summed E-state index contributed by atoms with van der Waals surface area (Å²) in [4.78, 5) is 27.1. The Hall–Kier alpha value is -2.88. The van der Waals surface area contributed by atoms with Gasteiger partial charge < -0.3 is 14.2 Å². The Balaban J connectivity index is 1.86. The van der Waals surface area contributed by atoms with E-state index in [1.54, 1.807) is 12.1 Å². The van der Waals surface area contributed by atoms with Crippen LogP contribution in [0.4, 0.5) is 4.39 Å². The van der Waals surface area contributed by atoms with Gasteiger partial charge in [0, 0.05) is 15.6 Å². The van der Waals surface area contributed by atoms with Crippen LogP contribution in [-0.4, -0.2) is 47.0 Å². The molecule has 0 fully saturated rings. The number of hydrogen-bond donors (Lipinski definition) is 0. The molecule has 32 heavy (non-hydrogen) atoms. The van der Waals surface area contributed by atoms with E-state index < -0.39 is 24.4 Å². The average Bonchev–Trinajstić information content (AvgIpc) is 3.15. The Morgan fingerprint density at radius 1 is 1.06 bits per heavy atom. The Labute approximate surface area is 196 Å². The zero-order chi connectivity index (χ0) is 23.3. The zero-order valence-corrected chi connectivity index (χ0v) is 18.7. The van der Waals surface area contributed by atoms with Gasteiger partial charge in [-0.3, -0.25) is 4.79 Å². The van der Waals surface area contributed by atoms with Gasteiger partial charge in [0.2, 0.25) is 0 Å². The molecule has 3 aromatic rings. The van der Waals surface area contributed by atoms with Crippen molar-refractivity contribution in [2.75, 3.05) is 20.3 Å². The number of esters is 2. The number of rotatable bonds is 8. The Morgan fingerprint density at radius 2 is 1.78 bits per heavy atom. The summed E-state index contributed by atoms with van der Waals surface area (Å²) in [6.07, 6.45) is -0.0931. The van der Waals surface area contributed by atoms with Crippen molar-refractivity contribution < 1.29 is 28.2 Å². The van der Waals surface area contributed by atoms with E-state index in [-0.39, 0.29) is 40.6 Å². The molecule has 0 bridgehead atoms. The highest BCUT2D eigenvalue weighted by molar-refractivity contribution is 6.36. The average molecular weight is 503 g/mol. The fourth-order valence-electron chi connectivity index (χ4n) is 2.54. The second-order valence-corrected chi connectivity index (χ2v) is 7.47. The lowest BCUT2D eigenvalue weighted by atomic mass is 10.2. The highest BCUT2D eigenvalue weighted by Gasteiger charge is 2.20. The molecule has 0 N–H and O–H groups in total. The molecule has 0 amide bonds. The summed E-state index contributed by atoms with van der Waals surface area (Å²) in [5, 5.41) is 4.97. The number of nitrogens with zero attached hydrogens (tertiary/aromatic N) is 3. The molecule has 0 radical (unpaired) electrons. The molecule has 12 heteroatoms. The predicted molar refractivity (Wildman–Crippen MR) is 115 cm³/mol. The molecular weight excluding hydrogens is 488 g/mol. The Morgan fingerprint density at radius 3 is 2.47 bits per heavy atom. The van der Waals surface area contributed by atoms with E-state index >= 15 is 0 Å². The Kier molecular flexibility index (Phi) is 7.89. The number of aromatic nitrogens is 3. The molecule has 0 aliphatic heterocycles. The second-order valence-electron chi connectivity index (χ2n) is 6.18. The van der Waals surface area contributed by atoms with E-state index in [9.17, 15) is 14.0 Å². The third kappa shape index (κ3) is 5.87. The van der Waals surface area contributed by atoms with Crippen molar-refractivity contribution in [3.63, 3.8) is 0 Å². The van der Waals surface area contributed by atoms with Crippen molar-refractivity contribution in [2.24, 2.45) is 0 Å². The molecule has 168 valence electrons. The van der Waals surface area contributed by atoms with Crippen LogP contribution in [0.5, 0.6) is 6.01 Å². The van der Waals surface area contributed by atoms with Crippen molar-refractivity contribution >= 4 is 46.7 Å². The van der Waals surface area contributed by atoms with Crippen molar-refractivity contribution in [3.05, 3.63) is 57.3 Å². The lowest BCUT2D eigenvalue weighted by molar-refractivity contribution is -0.149. The van der Waals surface area contributed by atoms with Gasteiger partial charge in [-0.15, -0.1) is 5.10 Å². The molecular formula is C20H15Cl3FN3O5. The topological polar surface area (TPSA) is 92.5 Å². The van der Waals surface area contributed by atoms with Crippen LogP contribution < -0.4 is 4.74 Å². The quantitative estimate of drug-likeness (QED) is 0.418. The fraction of sp³-hybridized carbons (Fsp3) is 0.200. The first-order valence-corrected chi connectivity index (χ1v) is 10.1. The normalized spacial score (nSPS) is 10.7. The number of carbonyl (C=O) groups excluding carboxylic acids is 2. The van der Waals surface area contributed by atoms with Gasteiger partial charge in [0.25, 0.3) is 0 Å². The van der Waals surface area contributed by atoms with Crippen molar-refractivity contribution in [1.82, 2.24) is 14.8 Å². The van der Waals surface area contributed by atoms with E-state index in [0.717, 1.165) is 6.07 Å². The predicted octanol–water partition coefficient (Wildman–Crippen LogP) is 4.52. The maximum atomic E-state index is 14.6. The van der Waals surface area contributed by atoms with Crippen LogP contribution >= 0.6 is 34.8 Å². The van der Waals surface area contributed by atoms with Crippen LogP contribution in [0, 0.1) is 5.82 Å². The fourth-order valence-corrected chi connectivity index (χ4v) is 3.19. The number of carbonyl (C=O) groups is 2. The van der Waals surface area contributed by atoms with Gasteiger partial charge in [0.1, 0.15) is 18.1 Å². The molecule has 0 saturated heterocycles. The summed E-state index contributed by atoms with van der Waals surface area (Å²) in [6.45, 7) is -0.708. The SMILES string of the molecule is COC(=O)CCOC(=O)COc1nc(-c2ccc(Cl)cc2Cl)n(-c2ccc(Cl)cc2F)n1. The molecule has 0 spiro atoms. The molecule has 0 unspecified atom stereocenters. The molecule has 2 aromatic carbocycles. The van der Waals surface area contributed by atoms with E-state index in [2.05, 4.69) is 14.8 Å². The van der Waals surface area contributed by atoms with E-state index in [1.807, 2.05) is 0 Å². The van der Waals surface area contributed by atoms with Crippen molar-refractivity contribution in [3.8, 4) is 23.1 Å². The van der Waals surface area contributed by atoms with E-state index in [0.29, 0.717) is 10.6 Å². The van der Waals surface area contributed by atoms with Crippen molar-refractivity contribution in [2.45, 2.75) is 6.42 Å². The first-order valence-electron chi connectivity index (χ1n) is 9.01. The van der Waals surface area contributed by atoms with Gasteiger partial charge >= 0.3 is 17.9 Å². The molecule has 1 heterocycles. The standard InChI is InChI=1S/C20H15Cl3FN3O5/c1-30-17(28)6-7-31-18(29)10-32-20-25-19(13-4-2-11(21)8-14(13)23)27(26-20)16-5-3-12(22)9-15(16)24/h2-5,8-9H,6-7,10H2,1H3.